The summed E-state index contributed by atoms with van der Waals surface area (Å²) in [7, 11) is 0. The molecule has 0 bridgehead atoms. The SMILES string of the molecule is O=C1COc2ccc(CNc3ccccc3I)cc2N1. The monoisotopic (exact) mass is 380 g/mol. The van der Waals surface area contributed by atoms with Gasteiger partial charge in [0.25, 0.3) is 5.91 Å². The molecule has 1 heterocycles. The van der Waals surface area contributed by atoms with Crippen LogP contribution in [0.15, 0.2) is 42.5 Å². The number of hydrogen-bond donors (Lipinski definition) is 2. The summed E-state index contributed by atoms with van der Waals surface area (Å²) in [5.74, 6) is 0.614. The maximum atomic E-state index is 11.3. The number of ether oxygens (including phenoxy) is 1. The minimum atomic E-state index is -0.111. The molecule has 1 aliphatic rings. The third-order valence-corrected chi connectivity index (χ3v) is 3.97. The second-order valence-electron chi connectivity index (χ2n) is 4.50. The summed E-state index contributed by atoms with van der Waals surface area (Å²) in [6, 6.07) is 14.0. The number of benzene rings is 2. The molecule has 0 saturated carbocycles. The first-order valence-electron chi connectivity index (χ1n) is 6.26. The lowest BCUT2D eigenvalue weighted by Crippen LogP contribution is -2.25. The van der Waals surface area contributed by atoms with Crippen molar-refractivity contribution in [1.82, 2.24) is 0 Å². The summed E-state index contributed by atoms with van der Waals surface area (Å²) in [5.41, 5.74) is 2.93. The summed E-state index contributed by atoms with van der Waals surface area (Å²) >= 11 is 2.30. The van der Waals surface area contributed by atoms with Crippen molar-refractivity contribution in [2.45, 2.75) is 6.54 Å². The Morgan fingerprint density at radius 2 is 2.10 bits per heavy atom. The number of anilines is 2. The summed E-state index contributed by atoms with van der Waals surface area (Å²) in [4.78, 5) is 11.3. The van der Waals surface area contributed by atoms with E-state index in [9.17, 15) is 4.79 Å². The van der Waals surface area contributed by atoms with Crippen LogP contribution in [0, 0.1) is 3.57 Å². The Kier molecular flexibility index (Phi) is 3.77. The van der Waals surface area contributed by atoms with Crippen molar-refractivity contribution in [3.05, 3.63) is 51.6 Å². The molecule has 1 amide bonds. The Morgan fingerprint density at radius 1 is 1.25 bits per heavy atom. The molecule has 0 radical (unpaired) electrons. The van der Waals surface area contributed by atoms with E-state index in [-0.39, 0.29) is 12.5 Å². The Morgan fingerprint density at radius 3 is 2.95 bits per heavy atom. The van der Waals surface area contributed by atoms with Gasteiger partial charge in [-0.2, -0.15) is 0 Å². The molecule has 0 fully saturated rings. The number of carbonyl (C=O) groups excluding carboxylic acids is 1. The topological polar surface area (TPSA) is 50.4 Å². The van der Waals surface area contributed by atoms with Crippen LogP contribution >= 0.6 is 22.6 Å². The quantitative estimate of drug-likeness (QED) is 0.804. The third kappa shape index (κ3) is 2.87. The molecule has 102 valence electrons. The second kappa shape index (κ2) is 5.70. The minimum Gasteiger partial charge on any atom is -0.482 e. The molecule has 4 nitrogen and oxygen atoms in total. The van der Waals surface area contributed by atoms with Gasteiger partial charge in [-0.25, -0.2) is 0 Å². The van der Waals surface area contributed by atoms with Crippen molar-refractivity contribution in [2.75, 3.05) is 17.2 Å². The van der Waals surface area contributed by atoms with Gasteiger partial charge in [-0.1, -0.05) is 18.2 Å². The fourth-order valence-corrected chi connectivity index (χ4v) is 2.62. The van der Waals surface area contributed by atoms with Crippen LogP contribution < -0.4 is 15.4 Å². The first kappa shape index (κ1) is 13.2. The van der Waals surface area contributed by atoms with E-state index in [1.54, 1.807) is 0 Å². The maximum absolute atomic E-state index is 11.3. The lowest BCUT2D eigenvalue weighted by molar-refractivity contribution is -0.118. The molecule has 20 heavy (non-hydrogen) atoms. The highest BCUT2D eigenvalue weighted by Gasteiger charge is 2.15. The standard InChI is InChI=1S/C15H13IN2O2/c16-11-3-1-2-4-12(11)17-8-10-5-6-14-13(7-10)18-15(19)9-20-14/h1-7,17H,8-9H2,(H,18,19). The Labute approximate surface area is 130 Å². The second-order valence-corrected chi connectivity index (χ2v) is 5.66. The van der Waals surface area contributed by atoms with Crippen LogP contribution in [-0.2, 0) is 11.3 Å². The lowest BCUT2D eigenvalue weighted by Gasteiger charge is -2.18. The molecule has 0 aromatic heterocycles. The van der Waals surface area contributed by atoms with Crippen LogP contribution in [-0.4, -0.2) is 12.5 Å². The van der Waals surface area contributed by atoms with E-state index in [1.165, 1.54) is 3.57 Å². The molecular formula is C15H13IN2O2. The van der Waals surface area contributed by atoms with Gasteiger partial charge in [0.15, 0.2) is 6.61 Å². The van der Waals surface area contributed by atoms with E-state index in [1.807, 2.05) is 36.4 Å². The lowest BCUT2D eigenvalue weighted by atomic mass is 10.1. The van der Waals surface area contributed by atoms with Crippen molar-refractivity contribution in [3.8, 4) is 5.75 Å². The van der Waals surface area contributed by atoms with Crippen LogP contribution in [0.5, 0.6) is 5.75 Å². The molecule has 0 unspecified atom stereocenters. The minimum absolute atomic E-state index is 0.0901. The molecule has 0 atom stereocenters. The molecular weight excluding hydrogens is 367 g/mol. The van der Waals surface area contributed by atoms with Gasteiger partial charge in [-0.15, -0.1) is 0 Å². The van der Waals surface area contributed by atoms with Gasteiger partial charge in [0.1, 0.15) is 5.75 Å². The van der Waals surface area contributed by atoms with Crippen molar-refractivity contribution >= 4 is 39.9 Å². The van der Waals surface area contributed by atoms with Gasteiger partial charge in [0, 0.05) is 15.8 Å². The van der Waals surface area contributed by atoms with Gasteiger partial charge in [0.2, 0.25) is 0 Å². The van der Waals surface area contributed by atoms with Crippen molar-refractivity contribution in [1.29, 1.82) is 0 Å². The van der Waals surface area contributed by atoms with E-state index in [2.05, 4.69) is 39.3 Å². The van der Waals surface area contributed by atoms with Crippen LogP contribution in [0.1, 0.15) is 5.56 Å². The van der Waals surface area contributed by atoms with Gasteiger partial charge in [-0.3, -0.25) is 4.79 Å². The highest BCUT2D eigenvalue weighted by atomic mass is 127. The van der Waals surface area contributed by atoms with Crippen LogP contribution in [0.25, 0.3) is 0 Å². The molecule has 5 heteroatoms. The number of rotatable bonds is 3. The summed E-state index contributed by atoms with van der Waals surface area (Å²) in [6.07, 6.45) is 0. The average molecular weight is 380 g/mol. The van der Waals surface area contributed by atoms with Gasteiger partial charge >= 0.3 is 0 Å². The fraction of sp³-hybridized carbons (Fsp3) is 0.133. The molecule has 2 N–H and O–H groups in total. The van der Waals surface area contributed by atoms with Crippen LogP contribution in [0.4, 0.5) is 11.4 Å². The number of nitrogens with one attached hydrogen (secondary N) is 2. The highest BCUT2D eigenvalue weighted by molar-refractivity contribution is 14.1. The first-order valence-corrected chi connectivity index (χ1v) is 7.34. The summed E-state index contributed by atoms with van der Waals surface area (Å²) in [6.45, 7) is 0.788. The van der Waals surface area contributed by atoms with E-state index in [0.717, 1.165) is 22.7 Å². The number of para-hydroxylation sites is 1. The predicted octanol–water partition coefficient (Wildman–Crippen LogP) is 3.23. The van der Waals surface area contributed by atoms with Crippen LogP contribution in [0.2, 0.25) is 0 Å². The third-order valence-electron chi connectivity index (χ3n) is 3.03. The molecule has 0 spiro atoms. The number of halogens is 1. The highest BCUT2D eigenvalue weighted by Crippen LogP contribution is 2.29. The van der Waals surface area contributed by atoms with Crippen molar-refractivity contribution in [2.24, 2.45) is 0 Å². The number of amides is 1. The maximum Gasteiger partial charge on any atom is 0.262 e. The average Bonchev–Trinajstić information content (AvgIpc) is 2.46. The molecule has 1 aliphatic heterocycles. The van der Waals surface area contributed by atoms with Gasteiger partial charge in [0.05, 0.1) is 5.69 Å². The van der Waals surface area contributed by atoms with E-state index in [0.29, 0.717) is 6.54 Å². The zero-order valence-electron chi connectivity index (χ0n) is 10.7. The predicted molar refractivity (Wildman–Crippen MR) is 87.1 cm³/mol. The van der Waals surface area contributed by atoms with Gasteiger partial charge in [-0.05, 0) is 52.4 Å². The zero-order valence-corrected chi connectivity index (χ0v) is 12.8. The Balaban J connectivity index is 1.74. The Bertz CT molecular complexity index is 658. The summed E-state index contributed by atoms with van der Waals surface area (Å²) in [5, 5.41) is 6.20. The summed E-state index contributed by atoms with van der Waals surface area (Å²) < 4.78 is 6.52. The zero-order chi connectivity index (χ0) is 13.9. The molecule has 3 rings (SSSR count). The van der Waals surface area contributed by atoms with Crippen molar-refractivity contribution < 1.29 is 9.53 Å². The first-order chi connectivity index (χ1) is 9.72. The molecule has 2 aromatic rings. The van der Waals surface area contributed by atoms with Crippen molar-refractivity contribution in [3.63, 3.8) is 0 Å². The normalized spacial score (nSPS) is 13.2. The Hall–Kier alpha value is -1.76. The number of carbonyl (C=O) groups is 1. The van der Waals surface area contributed by atoms with E-state index in [4.69, 9.17) is 4.74 Å². The van der Waals surface area contributed by atoms with Gasteiger partial charge < -0.3 is 15.4 Å². The van der Waals surface area contributed by atoms with E-state index < -0.39 is 0 Å². The molecule has 0 saturated heterocycles. The smallest absolute Gasteiger partial charge is 0.262 e. The van der Waals surface area contributed by atoms with E-state index >= 15 is 0 Å². The molecule has 0 aliphatic carbocycles. The number of hydrogen-bond acceptors (Lipinski definition) is 3. The number of fused-ring (bicyclic) bond motifs is 1. The molecule has 2 aromatic carbocycles. The fourth-order valence-electron chi connectivity index (χ4n) is 2.04. The van der Waals surface area contributed by atoms with Crippen LogP contribution in [0.3, 0.4) is 0 Å². The largest absolute Gasteiger partial charge is 0.482 e.